The van der Waals surface area contributed by atoms with Crippen LogP contribution in [-0.2, 0) is 0 Å². The molecule has 5 rings (SSSR count). The Kier molecular flexibility index (Phi) is 3.47. The van der Waals surface area contributed by atoms with Crippen LogP contribution in [0, 0.1) is 5.92 Å². The summed E-state index contributed by atoms with van der Waals surface area (Å²) >= 11 is 0. The molecular formula is C23H20N2O2. The normalized spacial score (nSPS) is 22.9. The molecule has 1 heterocycles. The number of carbonyl (C=O) groups excluding carboxylic acids is 1. The van der Waals surface area contributed by atoms with Gasteiger partial charge in [0.2, 0.25) is 0 Å². The fourth-order valence-corrected chi connectivity index (χ4v) is 4.72. The number of primary amides is 1. The lowest BCUT2D eigenvalue weighted by atomic mass is 9.75. The minimum absolute atomic E-state index is 0.107. The van der Waals surface area contributed by atoms with Crippen molar-refractivity contribution < 1.29 is 9.90 Å². The van der Waals surface area contributed by atoms with E-state index < -0.39 is 5.91 Å². The average molecular weight is 356 g/mol. The van der Waals surface area contributed by atoms with Crippen molar-refractivity contribution in [1.82, 2.24) is 0 Å². The van der Waals surface area contributed by atoms with Crippen LogP contribution in [0.15, 0.2) is 66.7 Å². The van der Waals surface area contributed by atoms with E-state index in [1.165, 1.54) is 0 Å². The molecule has 4 nitrogen and oxygen atoms in total. The monoisotopic (exact) mass is 356 g/mol. The lowest BCUT2D eigenvalue weighted by molar-refractivity contribution is 0.100. The van der Waals surface area contributed by atoms with Gasteiger partial charge in [0.1, 0.15) is 5.75 Å². The third kappa shape index (κ3) is 2.33. The fraction of sp³-hybridized carbons (Fsp3) is 0.174. The number of hydrogen-bond donors (Lipinski definition) is 3. The quantitative estimate of drug-likeness (QED) is 0.593. The number of fused-ring (bicyclic) bond motifs is 4. The number of allylic oxidation sites excluding steroid dienone is 2. The van der Waals surface area contributed by atoms with Gasteiger partial charge in [0.15, 0.2) is 0 Å². The Hall–Kier alpha value is -3.27. The zero-order chi connectivity index (χ0) is 18.5. The summed E-state index contributed by atoms with van der Waals surface area (Å²) in [6.45, 7) is 0. The third-order valence-corrected chi connectivity index (χ3v) is 5.92. The van der Waals surface area contributed by atoms with Gasteiger partial charge in [-0.05, 0) is 40.8 Å². The Bertz CT molecular complexity index is 1100. The second kappa shape index (κ2) is 5.88. The summed E-state index contributed by atoms with van der Waals surface area (Å²) in [6.07, 6.45) is 5.33. The van der Waals surface area contributed by atoms with Gasteiger partial charge in [0.25, 0.3) is 5.91 Å². The Morgan fingerprint density at radius 1 is 1.07 bits per heavy atom. The molecule has 3 unspecified atom stereocenters. The minimum atomic E-state index is -0.444. The van der Waals surface area contributed by atoms with Crippen molar-refractivity contribution in [2.45, 2.75) is 18.4 Å². The van der Waals surface area contributed by atoms with Gasteiger partial charge in [-0.3, -0.25) is 4.79 Å². The fourth-order valence-electron chi connectivity index (χ4n) is 4.72. The van der Waals surface area contributed by atoms with Crippen molar-refractivity contribution in [3.05, 3.63) is 83.4 Å². The number of nitrogens with one attached hydrogen (secondary N) is 1. The van der Waals surface area contributed by atoms with Crippen molar-refractivity contribution in [2.75, 3.05) is 5.32 Å². The van der Waals surface area contributed by atoms with Crippen LogP contribution in [0.1, 0.15) is 39.9 Å². The Morgan fingerprint density at radius 2 is 1.93 bits per heavy atom. The molecule has 0 radical (unpaired) electrons. The number of anilines is 1. The van der Waals surface area contributed by atoms with E-state index in [-0.39, 0.29) is 23.6 Å². The lowest BCUT2D eigenvalue weighted by Crippen LogP contribution is -2.31. The molecule has 1 aliphatic heterocycles. The van der Waals surface area contributed by atoms with E-state index in [0.717, 1.165) is 34.0 Å². The van der Waals surface area contributed by atoms with Crippen LogP contribution >= 0.6 is 0 Å². The molecule has 27 heavy (non-hydrogen) atoms. The first kappa shape index (κ1) is 15.9. The highest BCUT2D eigenvalue weighted by Gasteiger charge is 2.40. The maximum atomic E-state index is 12.0. The zero-order valence-corrected chi connectivity index (χ0v) is 14.7. The molecule has 0 fully saturated rings. The summed E-state index contributed by atoms with van der Waals surface area (Å²) in [6, 6.07) is 17.4. The Balaban J connectivity index is 1.74. The molecular weight excluding hydrogens is 336 g/mol. The van der Waals surface area contributed by atoms with Gasteiger partial charge in [0.05, 0.1) is 17.3 Å². The first-order valence-corrected chi connectivity index (χ1v) is 9.21. The van der Waals surface area contributed by atoms with E-state index in [4.69, 9.17) is 5.73 Å². The summed E-state index contributed by atoms with van der Waals surface area (Å²) in [5.41, 5.74) is 8.90. The van der Waals surface area contributed by atoms with Crippen molar-refractivity contribution >= 4 is 22.4 Å². The molecule has 3 aromatic rings. The van der Waals surface area contributed by atoms with E-state index >= 15 is 0 Å². The zero-order valence-electron chi connectivity index (χ0n) is 14.7. The maximum Gasteiger partial charge on any atom is 0.250 e. The summed E-state index contributed by atoms with van der Waals surface area (Å²) < 4.78 is 0. The largest absolute Gasteiger partial charge is 0.508 e. The first-order valence-electron chi connectivity index (χ1n) is 9.21. The van der Waals surface area contributed by atoms with Crippen molar-refractivity contribution in [3.8, 4) is 5.75 Å². The second-order valence-electron chi connectivity index (χ2n) is 7.33. The van der Waals surface area contributed by atoms with Crippen LogP contribution in [0.25, 0.3) is 10.8 Å². The predicted octanol–water partition coefficient (Wildman–Crippen LogP) is 4.47. The number of benzene rings is 3. The molecule has 1 amide bonds. The van der Waals surface area contributed by atoms with E-state index in [0.29, 0.717) is 5.56 Å². The van der Waals surface area contributed by atoms with Gasteiger partial charge >= 0.3 is 0 Å². The van der Waals surface area contributed by atoms with Gasteiger partial charge < -0.3 is 16.2 Å². The SMILES string of the molecule is NC(=O)c1cccc2c1NC(c1c(O)ccc3ccccc13)C1CC=CC21. The number of carbonyl (C=O) groups is 1. The van der Waals surface area contributed by atoms with Gasteiger partial charge in [0, 0.05) is 11.5 Å². The highest BCUT2D eigenvalue weighted by Crippen LogP contribution is 2.52. The highest BCUT2D eigenvalue weighted by molar-refractivity contribution is 6.00. The number of hydrogen-bond acceptors (Lipinski definition) is 3. The van der Waals surface area contributed by atoms with Crippen molar-refractivity contribution in [1.29, 1.82) is 0 Å². The number of rotatable bonds is 2. The standard InChI is InChI=1S/C23H20N2O2/c24-23(27)18-10-4-8-16-15-7-3-9-17(15)22(25-21(16)18)20-14-6-2-1-5-13(14)11-12-19(20)26/h1-8,10-12,15,17,22,25-26H,9H2,(H2,24,27). The summed E-state index contributed by atoms with van der Waals surface area (Å²) in [4.78, 5) is 12.0. The lowest BCUT2D eigenvalue weighted by Gasteiger charge is -2.38. The maximum absolute atomic E-state index is 12.0. The van der Waals surface area contributed by atoms with Crippen LogP contribution in [0.3, 0.4) is 0 Å². The Labute approximate surface area is 157 Å². The molecule has 3 atom stereocenters. The number of phenolic OH excluding ortho intramolecular Hbond substituents is 1. The average Bonchev–Trinajstić information content (AvgIpc) is 3.17. The van der Waals surface area contributed by atoms with Gasteiger partial charge in [-0.15, -0.1) is 0 Å². The van der Waals surface area contributed by atoms with Crippen LogP contribution in [0.2, 0.25) is 0 Å². The van der Waals surface area contributed by atoms with E-state index in [9.17, 15) is 9.90 Å². The summed E-state index contributed by atoms with van der Waals surface area (Å²) in [5, 5.41) is 16.4. The molecule has 4 heteroatoms. The Morgan fingerprint density at radius 3 is 2.78 bits per heavy atom. The molecule has 0 aromatic heterocycles. The number of aromatic hydroxyl groups is 1. The summed E-state index contributed by atoms with van der Waals surface area (Å²) in [7, 11) is 0. The molecule has 0 saturated heterocycles. The van der Waals surface area contributed by atoms with E-state index in [1.54, 1.807) is 12.1 Å². The topological polar surface area (TPSA) is 75.4 Å². The molecule has 4 N–H and O–H groups in total. The summed E-state index contributed by atoms with van der Waals surface area (Å²) in [5.74, 6) is 0.304. The molecule has 0 saturated carbocycles. The third-order valence-electron chi connectivity index (χ3n) is 5.92. The molecule has 0 spiro atoms. The van der Waals surface area contributed by atoms with Crippen LogP contribution in [0.5, 0.6) is 5.75 Å². The van der Waals surface area contributed by atoms with Crippen molar-refractivity contribution in [3.63, 3.8) is 0 Å². The number of para-hydroxylation sites is 1. The highest BCUT2D eigenvalue weighted by atomic mass is 16.3. The number of phenols is 1. The van der Waals surface area contributed by atoms with Gasteiger partial charge in [-0.25, -0.2) is 0 Å². The predicted molar refractivity (Wildman–Crippen MR) is 107 cm³/mol. The van der Waals surface area contributed by atoms with Gasteiger partial charge in [-0.2, -0.15) is 0 Å². The minimum Gasteiger partial charge on any atom is -0.508 e. The van der Waals surface area contributed by atoms with Crippen LogP contribution in [0.4, 0.5) is 5.69 Å². The molecule has 3 aromatic carbocycles. The van der Waals surface area contributed by atoms with Gasteiger partial charge in [-0.1, -0.05) is 54.6 Å². The second-order valence-corrected chi connectivity index (χ2v) is 7.33. The van der Waals surface area contributed by atoms with E-state index in [1.807, 2.05) is 36.4 Å². The van der Waals surface area contributed by atoms with Crippen molar-refractivity contribution in [2.24, 2.45) is 11.7 Å². The van der Waals surface area contributed by atoms with E-state index in [2.05, 4.69) is 23.5 Å². The molecule has 1 aliphatic carbocycles. The number of nitrogens with two attached hydrogens (primary N) is 1. The molecule has 2 aliphatic rings. The molecule has 0 bridgehead atoms. The molecule has 134 valence electrons. The van der Waals surface area contributed by atoms with Crippen LogP contribution < -0.4 is 11.1 Å². The first-order chi connectivity index (χ1) is 13.1. The van der Waals surface area contributed by atoms with Crippen LogP contribution in [-0.4, -0.2) is 11.0 Å². The smallest absolute Gasteiger partial charge is 0.250 e. The number of amides is 1.